The summed E-state index contributed by atoms with van der Waals surface area (Å²) in [6.07, 6.45) is 3.47. The molecule has 0 aromatic heterocycles. The summed E-state index contributed by atoms with van der Waals surface area (Å²) in [5.74, 6) is 0.598. The van der Waals surface area contributed by atoms with Crippen LogP contribution in [0.4, 0.5) is 0 Å². The maximum absolute atomic E-state index is 5.57. The molecule has 1 heteroatoms. The Kier molecular flexibility index (Phi) is 5.40. The normalized spacial score (nSPS) is 12.2. The van der Waals surface area contributed by atoms with Gasteiger partial charge in [-0.25, -0.2) is 0 Å². The summed E-state index contributed by atoms with van der Waals surface area (Å²) < 4.78 is 0. The second-order valence-electron chi connectivity index (χ2n) is 6.61. The predicted octanol–water partition coefficient (Wildman–Crippen LogP) is 4.39. The SMILES string of the molecule is CC(C)c1cc(CCCCN)cc(C(C)(C)C)c1. The molecule has 1 nitrogen and oxygen atoms in total. The summed E-state index contributed by atoms with van der Waals surface area (Å²) in [6, 6.07) is 7.12. The van der Waals surface area contributed by atoms with Gasteiger partial charge in [0, 0.05) is 0 Å². The third kappa shape index (κ3) is 4.45. The molecule has 0 aliphatic carbocycles. The molecule has 0 aliphatic rings. The lowest BCUT2D eigenvalue weighted by Gasteiger charge is -2.22. The second-order valence-corrected chi connectivity index (χ2v) is 6.61. The number of benzene rings is 1. The highest BCUT2D eigenvalue weighted by Crippen LogP contribution is 2.28. The Morgan fingerprint density at radius 2 is 1.72 bits per heavy atom. The minimum Gasteiger partial charge on any atom is -0.330 e. The quantitative estimate of drug-likeness (QED) is 0.767. The van der Waals surface area contributed by atoms with Gasteiger partial charge < -0.3 is 5.73 Å². The number of hydrogen-bond acceptors (Lipinski definition) is 1. The first-order valence-electron chi connectivity index (χ1n) is 7.19. The fourth-order valence-electron chi connectivity index (χ4n) is 2.10. The van der Waals surface area contributed by atoms with E-state index in [9.17, 15) is 0 Å². The van der Waals surface area contributed by atoms with Crippen molar-refractivity contribution in [3.8, 4) is 0 Å². The molecule has 0 saturated heterocycles. The number of nitrogens with two attached hydrogens (primary N) is 1. The summed E-state index contributed by atoms with van der Waals surface area (Å²) in [4.78, 5) is 0. The molecule has 1 aromatic carbocycles. The van der Waals surface area contributed by atoms with Gasteiger partial charge in [-0.05, 0) is 53.8 Å². The van der Waals surface area contributed by atoms with E-state index in [0.717, 1.165) is 19.4 Å². The van der Waals surface area contributed by atoms with Crippen LogP contribution in [0.5, 0.6) is 0 Å². The average molecular weight is 247 g/mol. The summed E-state index contributed by atoms with van der Waals surface area (Å²) in [6.45, 7) is 12.2. The lowest BCUT2D eigenvalue weighted by atomic mass is 9.83. The Morgan fingerprint density at radius 1 is 1.06 bits per heavy atom. The monoisotopic (exact) mass is 247 g/mol. The fourth-order valence-corrected chi connectivity index (χ4v) is 2.10. The van der Waals surface area contributed by atoms with Crippen LogP contribution >= 0.6 is 0 Å². The Labute approximate surface area is 113 Å². The Morgan fingerprint density at radius 3 is 2.22 bits per heavy atom. The summed E-state index contributed by atoms with van der Waals surface area (Å²) in [7, 11) is 0. The van der Waals surface area contributed by atoms with Gasteiger partial charge in [0.05, 0.1) is 0 Å². The third-order valence-corrected chi connectivity index (χ3v) is 3.47. The Hall–Kier alpha value is -0.820. The average Bonchev–Trinajstić information content (AvgIpc) is 2.28. The van der Waals surface area contributed by atoms with Crippen LogP contribution in [0.3, 0.4) is 0 Å². The Balaban J connectivity index is 2.99. The molecule has 102 valence electrons. The molecular formula is C17H29N. The van der Waals surface area contributed by atoms with E-state index in [-0.39, 0.29) is 5.41 Å². The van der Waals surface area contributed by atoms with E-state index in [1.54, 1.807) is 0 Å². The molecule has 0 spiro atoms. The molecule has 0 bridgehead atoms. The summed E-state index contributed by atoms with van der Waals surface area (Å²) in [5, 5.41) is 0. The molecule has 1 aromatic rings. The van der Waals surface area contributed by atoms with E-state index in [4.69, 9.17) is 5.73 Å². The molecule has 0 radical (unpaired) electrons. The van der Waals surface area contributed by atoms with Crippen LogP contribution in [-0.4, -0.2) is 6.54 Å². The first kappa shape index (κ1) is 15.2. The van der Waals surface area contributed by atoms with Gasteiger partial charge in [-0.3, -0.25) is 0 Å². The first-order chi connectivity index (χ1) is 8.34. The van der Waals surface area contributed by atoms with Gasteiger partial charge in [0.2, 0.25) is 0 Å². The van der Waals surface area contributed by atoms with Gasteiger partial charge in [0.1, 0.15) is 0 Å². The lowest BCUT2D eigenvalue weighted by Crippen LogP contribution is -2.12. The first-order valence-corrected chi connectivity index (χ1v) is 7.19. The third-order valence-electron chi connectivity index (χ3n) is 3.47. The maximum atomic E-state index is 5.57. The lowest BCUT2D eigenvalue weighted by molar-refractivity contribution is 0.586. The zero-order chi connectivity index (χ0) is 13.8. The number of hydrogen-bond donors (Lipinski definition) is 1. The minimum atomic E-state index is 0.230. The van der Waals surface area contributed by atoms with Crippen molar-refractivity contribution in [3.63, 3.8) is 0 Å². The van der Waals surface area contributed by atoms with Gasteiger partial charge in [0.15, 0.2) is 0 Å². The number of unbranched alkanes of at least 4 members (excludes halogenated alkanes) is 1. The molecule has 0 atom stereocenters. The largest absolute Gasteiger partial charge is 0.330 e. The van der Waals surface area contributed by atoms with Gasteiger partial charge >= 0.3 is 0 Å². The molecule has 0 heterocycles. The summed E-state index contributed by atoms with van der Waals surface area (Å²) >= 11 is 0. The van der Waals surface area contributed by atoms with Gasteiger partial charge in [0.25, 0.3) is 0 Å². The van der Waals surface area contributed by atoms with Crippen LogP contribution in [0.2, 0.25) is 0 Å². The van der Waals surface area contributed by atoms with Crippen molar-refractivity contribution in [2.24, 2.45) is 5.73 Å². The van der Waals surface area contributed by atoms with Gasteiger partial charge in [-0.1, -0.05) is 52.8 Å². The van der Waals surface area contributed by atoms with E-state index in [2.05, 4.69) is 52.8 Å². The molecule has 0 saturated carbocycles. The number of aryl methyl sites for hydroxylation is 1. The minimum absolute atomic E-state index is 0.230. The molecule has 18 heavy (non-hydrogen) atoms. The zero-order valence-electron chi connectivity index (χ0n) is 12.7. The zero-order valence-corrected chi connectivity index (χ0v) is 12.7. The van der Waals surface area contributed by atoms with Crippen molar-refractivity contribution in [3.05, 3.63) is 34.9 Å². The smallest absolute Gasteiger partial charge is 0.00772 e. The molecule has 0 amide bonds. The van der Waals surface area contributed by atoms with Crippen molar-refractivity contribution in [2.45, 2.75) is 65.2 Å². The van der Waals surface area contributed by atoms with Crippen LogP contribution in [0.25, 0.3) is 0 Å². The van der Waals surface area contributed by atoms with E-state index < -0.39 is 0 Å². The predicted molar refractivity (Wildman–Crippen MR) is 81.2 cm³/mol. The molecule has 2 N–H and O–H groups in total. The fraction of sp³-hybridized carbons (Fsp3) is 0.647. The second kappa shape index (κ2) is 6.38. The van der Waals surface area contributed by atoms with Crippen LogP contribution in [0.1, 0.15) is 70.1 Å². The highest BCUT2D eigenvalue weighted by Gasteiger charge is 2.16. The van der Waals surface area contributed by atoms with Crippen LogP contribution in [0.15, 0.2) is 18.2 Å². The van der Waals surface area contributed by atoms with E-state index in [1.807, 2.05) is 0 Å². The van der Waals surface area contributed by atoms with E-state index in [1.165, 1.54) is 23.1 Å². The molecule has 1 rings (SSSR count). The van der Waals surface area contributed by atoms with E-state index in [0.29, 0.717) is 5.92 Å². The molecular weight excluding hydrogens is 218 g/mol. The van der Waals surface area contributed by atoms with Crippen molar-refractivity contribution >= 4 is 0 Å². The van der Waals surface area contributed by atoms with Crippen molar-refractivity contribution in [2.75, 3.05) is 6.54 Å². The molecule has 0 unspecified atom stereocenters. The van der Waals surface area contributed by atoms with Crippen LogP contribution in [0, 0.1) is 0 Å². The topological polar surface area (TPSA) is 26.0 Å². The maximum Gasteiger partial charge on any atom is -0.00772 e. The van der Waals surface area contributed by atoms with E-state index >= 15 is 0 Å². The van der Waals surface area contributed by atoms with Gasteiger partial charge in [-0.15, -0.1) is 0 Å². The Bertz CT molecular complexity index is 372. The standard InChI is InChI=1S/C17H29N/c1-13(2)15-10-14(8-6-7-9-18)11-16(12-15)17(3,4)5/h10-13H,6-9,18H2,1-5H3. The van der Waals surface area contributed by atoms with Crippen LogP contribution in [-0.2, 0) is 11.8 Å². The highest BCUT2D eigenvalue weighted by atomic mass is 14.5. The molecule has 0 fully saturated rings. The van der Waals surface area contributed by atoms with Gasteiger partial charge in [-0.2, -0.15) is 0 Å². The van der Waals surface area contributed by atoms with Crippen LogP contribution < -0.4 is 5.73 Å². The summed E-state index contributed by atoms with van der Waals surface area (Å²) in [5.41, 5.74) is 10.2. The highest BCUT2D eigenvalue weighted by molar-refractivity contribution is 5.35. The van der Waals surface area contributed by atoms with Crippen molar-refractivity contribution in [1.29, 1.82) is 0 Å². The van der Waals surface area contributed by atoms with Crippen molar-refractivity contribution in [1.82, 2.24) is 0 Å². The number of rotatable bonds is 5. The molecule has 0 aliphatic heterocycles. The van der Waals surface area contributed by atoms with Crippen molar-refractivity contribution < 1.29 is 0 Å².